The molecule has 0 unspecified atom stereocenters. The van der Waals surface area contributed by atoms with E-state index in [4.69, 9.17) is 9.47 Å². The van der Waals surface area contributed by atoms with Crippen molar-refractivity contribution in [2.24, 2.45) is 0 Å². The average molecular weight is 433 g/mol. The zero-order valence-corrected chi connectivity index (χ0v) is 17.9. The number of carbonyl (C=O) groups is 1. The molecule has 0 aliphatic carbocycles. The number of benzene rings is 2. The van der Waals surface area contributed by atoms with E-state index >= 15 is 0 Å². The van der Waals surface area contributed by atoms with Gasteiger partial charge in [-0.15, -0.1) is 0 Å². The lowest BCUT2D eigenvalue weighted by Gasteiger charge is -2.32. The van der Waals surface area contributed by atoms with Gasteiger partial charge in [-0.2, -0.15) is 0 Å². The molecular formula is C22H28N2O5S. The molecule has 0 saturated carbocycles. The smallest absolute Gasteiger partial charge is 0.240 e. The molecule has 8 heteroatoms. The van der Waals surface area contributed by atoms with Gasteiger partial charge in [0.05, 0.1) is 18.6 Å². The Morgan fingerprint density at radius 1 is 1.03 bits per heavy atom. The molecule has 0 spiro atoms. The van der Waals surface area contributed by atoms with Gasteiger partial charge in [0.2, 0.25) is 15.9 Å². The maximum Gasteiger partial charge on any atom is 0.240 e. The molecule has 1 aliphatic rings. The van der Waals surface area contributed by atoms with Crippen molar-refractivity contribution in [1.82, 2.24) is 9.62 Å². The summed E-state index contributed by atoms with van der Waals surface area (Å²) >= 11 is 0. The third-order valence-electron chi connectivity index (χ3n) is 5.09. The van der Waals surface area contributed by atoms with E-state index in [1.54, 1.807) is 17.0 Å². The number of nitrogens with zero attached hydrogens (tertiary/aromatic N) is 1. The number of para-hydroxylation sites is 1. The Bertz CT molecular complexity index is 908. The molecule has 2 aromatic carbocycles. The molecule has 1 saturated heterocycles. The summed E-state index contributed by atoms with van der Waals surface area (Å²) in [5.74, 6) is 1.49. The van der Waals surface area contributed by atoms with Crippen LogP contribution in [0.25, 0.3) is 0 Å². The molecule has 1 fully saturated rings. The van der Waals surface area contributed by atoms with Gasteiger partial charge >= 0.3 is 0 Å². The second kappa shape index (κ2) is 10.4. The van der Waals surface area contributed by atoms with E-state index < -0.39 is 10.0 Å². The topological polar surface area (TPSA) is 84.9 Å². The van der Waals surface area contributed by atoms with Crippen LogP contribution in [0.1, 0.15) is 25.7 Å². The van der Waals surface area contributed by atoms with Crippen LogP contribution in [0.3, 0.4) is 0 Å². The SMILES string of the molecule is COc1ccc(S(=O)(=O)NC2CCN(C(=O)CCCOc3ccccc3)CC2)cc1. The first-order valence-corrected chi connectivity index (χ1v) is 11.6. The summed E-state index contributed by atoms with van der Waals surface area (Å²) in [7, 11) is -2.06. The van der Waals surface area contributed by atoms with Crippen molar-refractivity contribution in [2.75, 3.05) is 26.8 Å². The Labute approximate surface area is 178 Å². The number of nitrogens with one attached hydrogen (secondary N) is 1. The number of piperidine rings is 1. The van der Waals surface area contributed by atoms with Crippen LogP contribution in [0.2, 0.25) is 0 Å². The normalized spacial score (nSPS) is 15.0. The number of sulfonamides is 1. The minimum Gasteiger partial charge on any atom is -0.497 e. The van der Waals surface area contributed by atoms with Crippen LogP contribution < -0.4 is 14.2 Å². The first kappa shape index (κ1) is 22.1. The summed E-state index contributed by atoms with van der Waals surface area (Å²) in [5, 5.41) is 0. The molecular weight excluding hydrogens is 404 g/mol. The van der Waals surface area contributed by atoms with Gasteiger partial charge in [0, 0.05) is 25.6 Å². The number of amides is 1. The molecule has 0 atom stereocenters. The number of ether oxygens (including phenoxy) is 2. The number of methoxy groups -OCH3 is 1. The van der Waals surface area contributed by atoms with Crippen molar-refractivity contribution >= 4 is 15.9 Å². The minimum absolute atomic E-state index is 0.0862. The highest BCUT2D eigenvalue weighted by Gasteiger charge is 2.26. The second-order valence-electron chi connectivity index (χ2n) is 7.22. The minimum atomic E-state index is -3.59. The van der Waals surface area contributed by atoms with E-state index in [1.165, 1.54) is 19.2 Å². The van der Waals surface area contributed by atoms with Crippen LogP contribution in [0.4, 0.5) is 0 Å². The fraction of sp³-hybridized carbons (Fsp3) is 0.409. The quantitative estimate of drug-likeness (QED) is 0.616. The average Bonchev–Trinajstić information content (AvgIpc) is 2.77. The molecule has 0 radical (unpaired) electrons. The number of likely N-dealkylation sites (tertiary alicyclic amines) is 1. The van der Waals surface area contributed by atoms with Crippen molar-refractivity contribution in [2.45, 2.75) is 36.6 Å². The van der Waals surface area contributed by atoms with E-state index in [-0.39, 0.29) is 16.8 Å². The maximum absolute atomic E-state index is 12.6. The van der Waals surface area contributed by atoms with Crippen LogP contribution in [-0.2, 0) is 14.8 Å². The number of hydrogen-bond donors (Lipinski definition) is 1. The third kappa shape index (κ3) is 6.21. The van der Waals surface area contributed by atoms with Gasteiger partial charge in [0.25, 0.3) is 0 Å². The van der Waals surface area contributed by atoms with Gasteiger partial charge in [0.15, 0.2) is 0 Å². The fourth-order valence-electron chi connectivity index (χ4n) is 3.38. The molecule has 30 heavy (non-hydrogen) atoms. The van der Waals surface area contributed by atoms with E-state index in [0.717, 1.165) is 5.75 Å². The summed E-state index contributed by atoms with van der Waals surface area (Å²) in [6, 6.07) is 15.6. The zero-order chi connectivity index (χ0) is 21.4. The highest BCUT2D eigenvalue weighted by Crippen LogP contribution is 2.18. The van der Waals surface area contributed by atoms with Crippen LogP contribution >= 0.6 is 0 Å². The number of rotatable bonds is 9. The molecule has 1 aliphatic heterocycles. The first-order valence-electron chi connectivity index (χ1n) is 10.1. The molecule has 162 valence electrons. The van der Waals surface area contributed by atoms with Gasteiger partial charge in [-0.3, -0.25) is 4.79 Å². The largest absolute Gasteiger partial charge is 0.497 e. The Morgan fingerprint density at radius 3 is 2.33 bits per heavy atom. The van der Waals surface area contributed by atoms with Crippen molar-refractivity contribution in [1.29, 1.82) is 0 Å². The van der Waals surface area contributed by atoms with Gasteiger partial charge in [0.1, 0.15) is 11.5 Å². The summed E-state index contributed by atoms with van der Waals surface area (Å²) in [6.07, 6.45) is 2.27. The molecule has 3 rings (SSSR count). The van der Waals surface area contributed by atoms with Crippen molar-refractivity contribution in [3.8, 4) is 11.5 Å². The van der Waals surface area contributed by atoms with E-state index in [2.05, 4.69) is 4.72 Å². The Kier molecular flexibility index (Phi) is 7.70. The van der Waals surface area contributed by atoms with Crippen molar-refractivity contribution in [3.05, 3.63) is 54.6 Å². The van der Waals surface area contributed by atoms with Crippen LogP contribution in [0.5, 0.6) is 11.5 Å². The Hall–Kier alpha value is -2.58. The summed E-state index contributed by atoms with van der Waals surface area (Å²) in [6.45, 7) is 1.59. The monoisotopic (exact) mass is 432 g/mol. The molecule has 7 nitrogen and oxygen atoms in total. The van der Waals surface area contributed by atoms with Crippen LogP contribution in [0.15, 0.2) is 59.5 Å². The van der Waals surface area contributed by atoms with Crippen LogP contribution in [-0.4, -0.2) is 52.1 Å². The van der Waals surface area contributed by atoms with E-state index in [9.17, 15) is 13.2 Å². The summed E-state index contributed by atoms with van der Waals surface area (Å²) < 4.78 is 38.6. The molecule has 1 amide bonds. The van der Waals surface area contributed by atoms with E-state index in [0.29, 0.717) is 51.1 Å². The van der Waals surface area contributed by atoms with Gasteiger partial charge in [-0.05, 0) is 55.7 Å². The third-order valence-corrected chi connectivity index (χ3v) is 6.62. The summed E-state index contributed by atoms with van der Waals surface area (Å²) in [4.78, 5) is 14.4. The second-order valence-corrected chi connectivity index (χ2v) is 8.93. The van der Waals surface area contributed by atoms with Gasteiger partial charge in [-0.1, -0.05) is 18.2 Å². The lowest BCUT2D eigenvalue weighted by Crippen LogP contribution is -2.46. The van der Waals surface area contributed by atoms with Crippen molar-refractivity contribution in [3.63, 3.8) is 0 Å². The fourth-order valence-corrected chi connectivity index (χ4v) is 4.68. The molecule has 1 N–H and O–H groups in total. The number of hydrogen-bond acceptors (Lipinski definition) is 5. The highest BCUT2D eigenvalue weighted by atomic mass is 32.2. The first-order chi connectivity index (χ1) is 14.5. The van der Waals surface area contributed by atoms with Gasteiger partial charge in [-0.25, -0.2) is 13.1 Å². The Balaban J connectivity index is 1.39. The molecule has 0 bridgehead atoms. The number of carbonyl (C=O) groups excluding carboxylic acids is 1. The maximum atomic E-state index is 12.6. The molecule has 1 heterocycles. The summed E-state index contributed by atoms with van der Waals surface area (Å²) in [5.41, 5.74) is 0. The molecule has 0 aromatic heterocycles. The standard InChI is InChI=1S/C22H28N2O5S/c1-28-19-9-11-21(12-10-19)30(26,27)23-18-13-15-24(16-14-18)22(25)8-5-17-29-20-6-3-2-4-7-20/h2-4,6-7,9-12,18,23H,5,8,13-17H2,1H3. The van der Waals surface area contributed by atoms with Crippen molar-refractivity contribution < 1.29 is 22.7 Å². The van der Waals surface area contributed by atoms with E-state index in [1.807, 2.05) is 30.3 Å². The lowest BCUT2D eigenvalue weighted by atomic mass is 10.1. The molecule has 2 aromatic rings. The zero-order valence-electron chi connectivity index (χ0n) is 17.1. The van der Waals surface area contributed by atoms with Gasteiger partial charge < -0.3 is 14.4 Å². The Morgan fingerprint density at radius 2 is 1.70 bits per heavy atom. The lowest BCUT2D eigenvalue weighted by molar-refractivity contribution is -0.132. The van der Waals surface area contributed by atoms with Crippen LogP contribution in [0, 0.1) is 0 Å². The predicted molar refractivity (Wildman–Crippen MR) is 114 cm³/mol. The highest BCUT2D eigenvalue weighted by molar-refractivity contribution is 7.89. The predicted octanol–water partition coefficient (Wildman–Crippen LogP) is 2.82.